The number of amides is 1. The number of para-hydroxylation sites is 1. The molecule has 0 saturated heterocycles. The molecular formula is C18H16N2O5S. The Morgan fingerprint density at radius 1 is 1.08 bits per heavy atom. The standard InChI is InChI=1S/C18H16N2O5S/c1-11-7-8-13(10-15(11)20-26(2,23)24)19-17(21)14-9-12-5-3-4-6-16(12)25-18(14)22/h3-10,20H,1-2H3,(H,19,21). The maximum absolute atomic E-state index is 12.5. The monoisotopic (exact) mass is 372 g/mol. The number of benzene rings is 2. The second-order valence-corrected chi connectivity index (χ2v) is 7.59. The summed E-state index contributed by atoms with van der Waals surface area (Å²) in [5, 5.41) is 3.21. The summed E-state index contributed by atoms with van der Waals surface area (Å²) in [5.74, 6) is -0.640. The van der Waals surface area contributed by atoms with Crippen LogP contribution >= 0.6 is 0 Å². The molecule has 0 aliphatic rings. The van der Waals surface area contributed by atoms with Crippen molar-refractivity contribution in [2.45, 2.75) is 6.92 Å². The highest BCUT2D eigenvalue weighted by Gasteiger charge is 2.15. The van der Waals surface area contributed by atoms with Crippen molar-refractivity contribution in [1.82, 2.24) is 0 Å². The first-order valence-corrected chi connectivity index (χ1v) is 9.55. The third kappa shape index (κ3) is 3.92. The van der Waals surface area contributed by atoms with Gasteiger partial charge in [0, 0.05) is 11.1 Å². The zero-order valence-corrected chi connectivity index (χ0v) is 14.9. The lowest BCUT2D eigenvalue weighted by molar-refractivity contribution is 0.102. The number of fused-ring (bicyclic) bond motifs is 1. The maximum atomic E-state index is 12.5. The SMILES string of the molecule is Cc1ccc(NC(=O)c2cc3ccccc3oc2=O)cc1NS(C)(=O)=O. The van der Waals surface area contributed by atoms with Crippen LogP contribution < -0.4 is 15.7 Å². The number of anilines is 2. The third-order valence-electron chi connectivity index (χ3n) is 3.68. The summed E-state index contributed by atoms with van der Waals surface area (Å²) in [6.45, 7) is 1.73. The average Bonchev–Trinajstić information content (AvgIpc) is 2.56. The predicted octanol–water partition coefficient (Wildman–Crippen LogP) is 2.73. The number of hydrogen-bond acceptors (Lipinski definition) is 5. The molecule has 0 radical (unpaired) electrons. The number of nitrogens with one attached hydrogen (secondary N) is 2. The highest BCUT2D eigenvalue weighted by molar-refractivity contribution is 7.92. The Morgan fingerprint density at radius 2 is 1.81 bits per heavy atom. The van der Waals surface area contributed by atoms with Crippen LogP contribution in [0.2, 0.25) is 0 Å². The quantitative estimate of drug-likeness (QED) is 0.685. The molecule has 2 aromatic carbocycles. The number of carbonyl (C=O) groups excluding carboxylic acids is 1. The zero-order valence-electron chi connectivity index (χ0n) is 14.1. The third-order valence-corrected chi connectivity index (χ3v) is 4.27. The van der Waals surface area contributed by atoms with Gasteiger partial charge < -0.3 is 9.73 Å². The van der Waals surface area contributed by atoms with Gasteiger partial charge in [-0.25, -0.2) is 13.2 Å². The summed E-state index contributed by atoms with van der Waals surface area (Å²) in [6, 6.07) is 13.1. The molecule has 26 heavy (non-hydrogen) atoms. The van der Waals surface area contributed by atoms with E-state index >= 15 is 0 Å². The summed E-state index contributed by atoms with van der Waals surface area (Å²) in [7, 11) is -3.46. The van der Waals surface area contributed by atoms with Crippen molar-refractivity contribution in [3.63, 3.8) is 0 Å². The summed E-state index contributed by atoms with van der Waals surface area (Å²) in [4.78, 5) is 24.5. The molecule has 0 atom stereocenters. The number of aryl methyl sites for hydroxylation is 1. The summed E-state index contributed by atoms with van der Waals surface area (Å²) >= 11 is 0. The average molecular weight is 372 g/mol. The predicted molar refractivity (Wildman–Crippen MR) is 100 cm³/mol. The lowest BCUT2D eigenvalue weighted by atomic mass is 10.1. The minimum Gasteiger partial charge on any atom is -0.422 e. The Balaban J connectivity index is 1.92. The van der Waals surface area contributed by atoms with Crippen LogP contribution in [0.15, 0.2) is 57.7 Å². The van der Waals surface area contributed by atoms with Gasteiger partial charge in [-0.05, 0) is 36.8 Å². The summed E-state index contributed by atoms with van der Waals surface area (Å²) in [6.07, 6.45) is 1.04. The van der Waals surface area contributed by atoms with Gasteiger partial charge in [0.1, 0.15) is 11.1 Å². The second kappa shape index (κ2) is 6.64. The molecule has 1 aromatic heterocycles. The summed E-state index contributed by atoms with van der Waals surface area (Å²) < 4.78 is 30.4. The molecule has 3 aromatic rings. The van der Waals surface area contributed by atoms with Gasteiger partial charge in [-0.2, -0.15) is 0 Å². The second-order valence-electron chi connectivity index (χ2n) is 5.84. The number of sulfonamides is 1. The number of hydrogen-bond donors (Lipinski definition) is 2. The first kappa shape index (κ1) is 17.7. The maximum Gasteiger partial charge on any atom is 0.349 e. The molecule has 0 aliphatic heterocycles. The first-order valence-electron chi connectivity index (χ1n) is 7.65. The van der Waals surface area contributed by atoms with E-state index in [0.29, 0.717) is 27.9 Å². The fraction of sp³-hybridized carbons (Fsp3) is 0.111. The van der Waals surface area contributed by atoms with E-state index in [1.807, 2.05) is 0 Å². The van der Waals surface area contributed by atoms with Gasteiger partial charge in [0.2, 0.25) is 10.0 Å². The van der Waals surface area contributed by atoms with Crippen molar-refractivity contribution < 1.29 is 17.6 Å². The van der Waals surface area contributed by atoms with Crippen molar-refractivity contribution >= 4 is 38.3 Å². The Morgan fingerprint density at radius 3 is 2.54 bits per heavy atom. The van der Waals surface area contributed by atoms with Crippen molar-refractivity contribution in [2.24, 2.45) is 0 Å². The van der Waals surface area contributed by atoms with Crippen molar-refractivity contribution in [3.8, 4) is 0 Å². The lowest BCUT2D eigenvalue weighted by Gasteiger charge is -2.11. The Bertz CT molecular complexity index is 1170. The van der Waals surface area contributed by atoms with Crippen LogP contribution in [0.25, 0.3) is 11.0 Å². The summed E-state index contributed by atoms with van der Waals surface area (Å²) in [5.41, 5.74) is 0.891. The normalized spacial score (nSPS) is 11.3. The molecule has 8 heteroatoms. The van der Waals surface area contributed by atoms with Gasteiger partial charge in [0.05, 0.1) is 11.9 Å². The van der Waals surface area contributed by atoms with E-state index in [-0.39, 0.29) is 5.56 Å². The van der Waals surface area contributed by atoms with Gasteiger partial charge in [-0.1, -0.05) is 24.3 Å². The van der Waals surface area contributed by atoms with Crippen LogP contribution in [0.3, 0.4) is 0 Å². The Labute approximate surface area is 149 Å². The van der Waals surface area contributed by atoms with Crippen LogP contribution in [-0.4, -0.2) is 20.6 Å². The van der Waals surface area contributed by atoms with Crippen LogP contribution in [0.5, 0.6) is 0 Å². The van der Waals surface area contributed by atoms with Gasteiger partial charge in [-0.15, -0.1) is 0 Å². The van der Waals surface area contributed by atoms with Crippen molar-refractivity contribution in [3.05, 3.63) is 70.1 Å². The lowest BCUT2D eigenvalue weighted by Crippen LogP contribution is -2.20. The molecule has 0 spiro atoms. The minimum absolute atomic E-state index is 0.137. The van der Waals surface area contributed by atoms with Crippen LogP contribution in [0, 0.1) is 6.92 Å². The highest BCUT2D eigenvalue weighted by atomic mass is 32.2. The van der Waals surface area contributed by atoms with Gasteiger partial charge in [-0.3, -0.25) is 9.52 Å². The highest BCUT2D eigenvalue weighted by Crippen LogP contribution is 2.22. The molecule has 1 amide bonds. The van der Waals surface area contributed by atoms with E-state index in [4.69, 9.17) is 4.42 Å². The van der Waals surface area contributed by atoms with Crippen molar-refractivity contribution in [1.29, 1.82) is 0 Å². The van der Waals surface area contributed by atoms with Gasteiger partial charge in [0.25, 0.3) is 5.91 Å². The smallest absolute Gasteiger partial charge is 0.349 e. The molecule has 0 bridgehead atoms. The van der Waals surface area contributed by atoms with E-state index in [1.165, 1.54) is 12.1 Å². The Hall–Kier alpha value is -3.13. The molecule has 0 aliphatic carbocycles. The minimum atomic E-state index is -3.46. The van der Waals surface area contributed by atoms with Crippen LogP contribution in [0.1, 0.15) is 15.9 Å². The molecule has 0 unspecified atom stereocenters. The molecule has 0 saturated carbocycles. The molecule has 7 nitrogen and oxygen atoms in total. The topological polar surface area (TPSA) is 105 Å². The van der Waals surface area contributed by atoms with Gasteiger partial charge >= 0.3 is 5.63 Å². The number of rotatable bonds is 4. The molecule has 0 fully saturated rings. The number of carbonyl (C=O) groups is 1. The molecular weight excluding hydrogens is 356 g/mol. The van der Waals surface area contributed by atoms with E-state index in [9.17, 15) is 18.0 Å². The Kier molecular flexibility index (Phi) is 4.52. The van der Waals surface area contributed by atoms with E-state index in [0.717, 1.165) is 6.26 Å². The molecule has 2 N–H and O–H groups in total. The van der Waals surface area contributed by atoms with E-state index < -0.39 is 21.6 Å². The first-order chi connectivity index (χ1) is 12.2. The fourth-order valence-electron chi connectivity index (χ4n) is 2.43. The van der Waals surface area contributed by atoms with Gasteiger partial charge in [0.15, 0.2) is 0 Å². The molecule has 1 heterocycles. The van der Waals surface area contributed by atoms with Crippen LogP contribution in [-0.2, 0) is 10.0 Å². The largest absolute Gasteiger partial charge is 0.422 e. The van der Waals surface area contributed by atoms with E-state index in [2.05, 4.69) is 10.0 Å². The fourth-order valence-corrected chi connectivity index (χ4v) is 3.05. The zero-order chi connectivity index (χ0) is 18.9. The van der Waals surface area contributed by atoms with Crippen molar-refractivity contribution in [2.75, 3.05) is 16.3 Å². The van der Waals surface area contributed by atoms with Crippen LogP contribution in [0.4, 0.5) is 11.4 Å². The molecule has 3 rings (SSSR count). The molecule has 134 valence electrons. The van der Waals surface area contributed by atoms with E-state index in [1.54, 1.807) is 43.3 Å².